The predicted octanol–water partition coefficient (Wildman–Crippen LogP) is 4.56. The van der Waals surface area contributed by atoms with Gasteiger partial charge in [-0.15, -0.1) is 79.5 Å². The van der Waals surface area contributed by atoms with Crippen molar-refractivity contribution in [2.75, 3.05) is 0 Å². The van der Waals surface area contributed by atoms with E-state index in [1.807, 2.05) is 23.3 Å². The third-order valence-corrected chi connectivity index (χ3v) is 12.3. The summed E-state index contributed by atoms with van der Waals surface area (Å²) in [6.07, 6.45) is 5.77. The minimum Gasteiger partial charge on any atom is -1.00 e. The van der Waals surface area contributed by atoms with Gasteiger partial charge in [-0.1, -0.05) is 72.8 Å². The summed E-state index contributed by atoms with van der Waals surface area (Å²) in [5, 5.41) is 10.8. The second kappa shape index (κ2) is 17.1. The van der Waals surface area contributed by atoms with Crippen LogP contribution < -0.4 is 24.8 Å². The van der Waals surface area contributed by atoms with Crippen LogP contribution in [0.2, 0.25) is 12.1 Å². The first-order chi connectivity index (χ1) is 17.7. The molecule has 0 amide bonds. The number of benzene rings is 4. The van der Waals surface area contributed by atoms with Gasteiger partial charge in [-0.25, -0.2) is 0 Å². The molecule has 0 atom stereocenters. The van der Waals surface area contributed by atoms with Gasteiger partial charge in [-0.3, -0.25) is 0 Å². The first-order valence-electron chi connectivity index (χ1n) is 13.3. The van der Waals surface area contributed by atoms with E-state index in [9.17, 15) is 0 Å². The zero-order chi connectivity index (χ0) is 25.2. The maximum absolute atomic E-state index is 2.30. The Labute approximate surface area is 255 Å². The molecule has 0 unspecified atom stereocenters. The van der Waals surface area contributed by atoms with Crippen LogP contribution in [-0.2, 0) is 23.3 Å². The maximum atomic E-state index is 2.30. The average Bonchev–Trinajstić information content (AvgIpc) is 3.50. The van der Waals surface area contributed by atoms with Crippen LogP contribution in [0.3, 0.4) is 0 Å². The van der Waals surface area contributed by atoms with E-state index in [4.69, 9.17) is 0 Å². The van der Waals surface area contributed by atoms with E-state index in [0.717, 1.165) is 0 Å². The summed E-state index contributed by atoms with van der Waals surface area (Å²) < 4.78 is 0. The summed E-state index contributed by atoms with van der Waals surface area (Å²) in [5.41, 5.74) is 0.175. The molecule has 4 heteroatoms. The Kier molecular flexibility index (Phi) is 14.6. The van der Waals surface area contributed by atoms with E-state index in [2.05, 4.69) is 123 Å². The molecule has 0 heterocycles. The Balaban J connectivity index is 0.000000198. The standard InChI is InChI=1S/2C13H9.C8H18Si.2ClH.Zr/c2*1-3-7-12-10(5-1)9-11-6-2-4-8-13(11)12;1-3-5-7-9-8-6-4-2;;;/h2*1-9H;3-8H2,1-2H3;2*1H;/q2*-1;;;;+2/p-2. The third-order valence-electron chi connectivity index (χ3n) is 6.71. The fourth-order valence-electron chi connectivity index (χ4n) is 4.71. The van der Waals surface area contributed by atoms with Crippen LogP contribution >= 0.6 is 0 Å². The van der Waals surface area contributed by atoms with Crippen LogP contribution in [0.1, 0.15) is 39.5 Å². The van der Waals surface area contributed by atoms with Crippen LogP contribution in [0.15, 0.2) is 109 Å². The van der Waals surface area contributed by atoms with Gasteiger partial charge >= 0.3 is 80.4 Å². The van der Waals surface area contributed by atoms with Crippen molar-refractivity contribution in [2.45, 2.75) is 51.6 Å². The molecule has 0 aliphatic carbocycles. The second-order valence-electron chi connectivity index (χ2n) is 9.45. The fraction of sp³-hybridized carbons (Fsp3) is 0.235. The number of halogens is 2. The van der Waals surface area contributed by atoms with Crippen LogP contribution in [0.4, 0.5) is 0 Å². The molecule has 0 saturated heterocycles. The minimum absolute atomic E-state index is 0. The number of hydrogen-bond acceptors (Lipinski definition) is 0. The number of unbranched alkanes of at least 4 members (excludes halogenated alkanes) is 2. The van der Waals surface area contributed by atoms with E-state index in [1.165, 1.54) is 68.8 Å². The summed E-state index contributed by atoms with van der Waals surface area (Å²) in [7, 11) is 0. The van der Waals surface area contributed by atoms with Gasteiger partial charge < -0.3 is 24.8 Å². The molecule has 0 aromatic heterocycles. The Morgan fingerprint density at radius 2 is 0.763 bits per heavy atom. The molecule has 0 nitrogen and oxygen atoms in total. The van der Waals surface area contributed by atoms with Crippen molar-refractivity contribution in [2.24, 2.45) is 0 Å². The van der Waals surface area contributed by atoms with E-state index >= 15 is 0 Å². The monoisotopic (exact) mass is 632 g/mol. The third kappa shape index (κ3) is 8.65. The molecule has 6 rings (SSSR count). The van der Waals surface area contributed by atoms with Crippen molar-refractivity contribution in [3.63, 3.8) is 0 Å². The van der Waals surface area contributed by atoms with Crippen molar-refractivity contribution < 1.29 is 48.1 Å². The Morgan fingerprint density at radius 3 is 1.03 bits per heavy atom. The topological polar surface area (TPSA) is 0 Å². The minimum atomic E-state index is 0. The SMILES string of the molecule is CCCC[Si](=[Zr+2])CCCC.[Cl-].[Cl-].c1ccc2c(c1)[cH-]c1ccccc12.c1ccc2c(c1)[cH-]c1ccccc12. The molecule has 0 radical (unpaired) electrons. The predicted molar refractivity (Wildman–Crippen MR) is 159 cm³/mol. The molecular formula is C34H36Cl2SiZr-2. The van der Waals surface area contributed by atoms with Crippen LogP contribution in [0.5, 0.6) is 0 Å². The molecule has 0 N–H and O–H groups in total. The Bertz CT molecular complexity index is 1330. The van der Waals surface area contributed by atoms with E-state index < -0.39 is 0 Å². The Morgan fingerprint density at radius 1 is 0.500 bits per heavy atom. The first kappa shape index (κ1) is 32.5. The number of hydrogen-bond donors (Lipinski definition) is 0. The quantitative estimate of drug-likeness (QED) is 0.186. The second-order valence-corrected chi connectivity index (χ2v) is 16.9. The zero-order valence-electron chi connectivity index (χ0n) is 22.4. The molecule has 0 spiro atoms. The van der Waals surface area contributed by atoms with Gasteiger partial charge in [0.25, 0.3) is 0 Å². The van der Waals surface area contributed by atoms with Gasteiger partial charge in [0.15, 0.2) is 0 Å². The fourth-order valence-corrected chi connectivity index (χ4v) is 9.13. The molecule has 0 aliphatic heterocycles. The summed E-state index contributed by atoms with van der Waals surface area (Å²) in [5.74, 6) is 0. The largest absolute Gasteiger partial charge is 1.00 e. The molecular weight excluding hydrogens is 599 g/mol. The number of rotatable bonds is 6. The van der Waals surface area contributed by atoms with Gasteiger partial charge in [0.1, 0.15) is 0 Å². The maximum Gasteiger partial charge on any atom is -0.0771 e. The molecule has 0 bridgehead atoms. The average molecular weight is 635 g/mol. The normalized spacial score (nSPS) is 10.2. The molecule has 0 fully saturated rings. The van der Waals surface area contributed by atoms with E-state index in [-0.39, 0.29) is 30.2 Å². The Hall–Kier alpha value is -1.70. The molecule has 0 aliphatic rings. The van der Waals surface area contributed by atoms with Crippen molar-refractivity contribution in [3.05, 3.63) is 109 Å². The van der Waals surface area contributed by atoms with Gasteiger partial charge in [-0.05, 0) is 0 Å². The van der Waals surface area contributed by atoms with Crippen LogP contribution in [0, 0.1) is 0 Å². The summed E-state index contributed by atoms with van der Waals surface area (Å²) >= 11 is 1.86. The summed E-state index contributed by atoms with van der Waals surface area (Å²) in [4.78, 5) is 0. The van der Waals surface area contributed by atoms with Crippen molar-refractivity contribution in [1.29, 1.82) is 0 Å². The van der Waals surface area contributed by atoms with Crippen molar-refractivity contribution in [1.82, 2.24) is 0 Å². The summed E-state index contributed by atoms with van der Waals surface area (Å²) in [6, 6.07) is 41.7. The number of fused-ring (bicyclic) bond motifs is 6. The molecule has 6 aromatic carbocycles. The van der Waals surface area contributed by atoms with E-state index in [1.54, 1.807) is 12.1 Å². The van der Waals surface area contributed by atoms with Gasteiger partial charge in [-0.2, -0.15) is 0 Å². The first-order valence-corrected chi connectivity index (χ1v) is 18.9. The van der Waals surface area contributed by atoms with Gasteiger partial charge in [0.05, 0.1) is 0 Å². The molecule has 6 aromatic rings. The van der Waals surface area contributed by atoms with Crippen LogP contribution in [0.25, 0.3) is 43.1 Å². The zero-order valence-corrected chi connectivity index (χ0v) is 27.4. The molecule has 196 valence electrons. The van der Waals surface area contributed by atoms with Crippen molar-refractivity contribution >= 4 is 48.5 Å². The van der Waals surface area contributed by atoms with Crippen LogP contribution in [-0.4, -0.2) is 5.43 Å². The van der Waals surface area contributed by atoms with Gasteiger partial charge in [0.2, 0.25) is 0 Å². The molecule has 38 heavy (non-hydrogen) atoms. The van der Waals surface area contributed by atoms with Gasteiger partial charge in [0, 0.05) is 0 Å². The molecule has 0 saturated carbocycles. The van der Waals surface area contributed by atoms with E-state index in [0.29, 0.717) is 0 Å². The van der Waals surface area contributed by atoms with Crippen molar-refractivity contribution in [3.8, 4) is 0 Å². The summed E-state index contributed by atoms with van der Waals surface area (Å²) in [6.45, 7) is 4.59. The smallest absolute Gasteiger partial charge is 0.0771 e.